The molecule has 9 nitrogen and oxygen atoms in total. The monoisotopic (exact) mass is 522 g/mol. The summed E-state index contributed by atoms with van der Waals surface area (Å²) in [5, 5.41) is 0. The molecule has 5 rings (SSSR count). The summed E-state index contributed by atoms with van der Waals surface area (Å²) in [4.78, 5) is 41.9. The summed E-state index contributed by atoms with van der Waals surface area (Å²) in [7, 11) is 1.34. The zero-order valence-electron chi connectivity index (χ0n) is 22.3. The van der Waals surface area contributed by atoms with Gasteiger partial charge in [-0.25, -0.2) is 9.59 Å². The molecule has 1 spiro atoms. The third-order valence-electron chi connectivity index (χ3n) is 7.30. The molecule has 1 fully saturated rings. The van der Waals surface area contributed by atoms with E-state index in [0.29, 0.717) is 56.9 Å². The fourth-order valence-electron chi connectivity index (χ4n) is 5.41. The topological polar surface area (TPSA) is 94.6 Å². The standard InChI is InChI=1S/C29H34N2O7/c1-28(2,3)38-27(34)30-13-11-29(12-14-30)22-8-6-5-7-21(22)24(37-29)25(32)31-15-16-36-23-17-19(26(33)35-4)9-10-20(23)18-31/h5-10,17,24H,11-16,18H2,1-4H3. The lowest BCUT2D eigenvalue weighted by Crippen LogP contribution is -2.47. The quantitative estimate of drug-likeness (QED) is 0.546. The molecule has 0 N–H and O–H groups in total. The summed E-state index contributed by atoms with van der Waals surface area (Å²) >= 11 is 0. The SMILES string of the molecule is COC(=O)c1ccc2c(c1)OCCN(C(=O)C1OC3(CCN(C(=O)OC(C)(C)C)CC3)c3ccccc31)C2. The number of fused-ring (bicyclic) bond motifs is 3. The van der Waals surface area contributed by atoms with Gasteiger partial charge in [-0.1, -0.05) is 30.3 Å². The second kappa shape index (κ2) is 9.94. The molecular formula is C29H34N2O7. The van der Waals surface area contributed by atoms with Crippen LogP contribution in [0, 0.1) is 0 Å². The minimum Gasteiger partial charge on any atom is -0.491 e. The van der Waals surface area contributed by atoms with Gasteiger partial charge < -0.3 is 28.7 Å². The number of benzene rings is 2. The molecule has 1 saturated heterocycles. The van der Waals surface area contributed by atoms with Gasteiger partial charge in [0.15, 0.2) is 6.10 Å². The van der Waals surface area contributed by atoms with Crippen molar-refractivity contribution in [2.24, 2.45) is 0 Å². The Kier molecular flexibility index (Phi) is 6.81. The average molecular weight is 523 g/mol. The Morgan fingerprint density at radius 2 is 1.74 bits per heavy atom. The Labute approximate surface area is 222 Å². The molecule has 0 aromatic heterocycles. The lowest BCUT2D eigenvalue weighted by molar-refractivity contribution is -0.161. The van der Waals surface area contributed by atoms with Crippen LogP contribution in [-0.2, 0) is 31.2 Å². The van der Waals surface area contributed by atoms with Crippen LogP contribution in [0.25, 0.3) is 0 Å². The van der Waals surface area contributed by atoms with Crippen molar-refractivity contribution in [2.45, 2.75) is 57.5 Å². The minimum absolute atomic E-state index is 0.127. The van der Waals surface area contributed by atoms with Gasteiger partial charge in [0.05, 0.1) is 24.8 Å². The molecule has 2 amide bonds. The van der Waals surface area contributed by atoms with E-state index in [-0.39, 0.29) is 12.0 Å². The predicted molar refractivity (Wildman–Crippen MR) is 138 cm³/mol. The Morgan fingerprint density at radius 1 is 1.00 bits per heavy atom. The van der Waals surface area contributed by atoms with E-state index in [2.05, 4.69) is 0 Å². The summed E-state index contributed by atoms with van der Waals surface area (Å²) in [6.45, 7) is 7.57. The normalized spacial score (nSPS) is 20.2. The summed E-state index contributed by atoms with van der Waals surface area (Å²) in [6.07, 6.45) is 0.0879. The van der Waals surface area contributed by atoms with Crippen molar-refractivity contribution in [2.75, 3.05) is 33.4 Å². The highest BCUT2D eigenvalue weighted by atomic mass is 16.6. The van der Waals surface area contributed by atoms with Gasteiger partial charge in [0.25, 0.3) is 5.91 Å². The van der Waals surface area contributed by atoms with Crippen LogP contribution in [0.15, 0.2) is 42.5 Å². The first-order chi connectivity index (χ1) is 18.1. The van der Waals surface area contributed by atoms with Crippen molar-refractivity contribution >= 4 is 18.0 Å². The highest BCUT2D eigenvalue weighted by Crippen LogP contribution is 2.50. The molecule has 2 aromatic rings. The van der Waals surface area contributed by atoms with Crippen LogP contribution in [0.2, 0.25) is 0 Å². The van der Waals surface area contributed by atoms with E-state index in [1.807, 2.05) is 45.0 Å². The van der Waals surface area contributed by atoms with Gasteiger partial charge >= 0.3 is 12.1 Å². The number of methoxy groups -OCH3 is 1. The van der Waals surface area contributed by atoms with Gasteiger partial charge in [0, 0.05) is 25.2 Å². The zero-order chi connectivity index (χ0) is 27.1. The van der Waals surface area contributed by atoms with Gasteiger partial charge in [-0.3, -0.25) is 4.79 Å². The van der Waals surface area contributed by atoms with Crippen LogP contribution in [0.3, 0.4) is 0 Å². The smallest absolute Gasteiger partial charge is 0.410 e. The Bertz CT molecular complexity index is 1240. The van der Waals surface area contributed by atoms with Crippen LogP contribution in [0.5, 0.6) is 5.75 Å². The number of ether oxygens (including phenoxy) is 4. The van der Waals surface area contributed by atoms with E-state index in [4.69, 9.17) is 18.9 Å². The molecule has 0 aliphatic carbocycles. The van der Waals surface area contributed by atoms with E-state index in [1.165, 1.54) is 7.11 Å². The molecule has 0 bridgehead atoms. The summed E-state index contributed by atoms with van der Waals surface area (Å²) in [6, 6.07) is 13.0. The Morgan fingerprint density at radius 3 is 2.45 bits per heavy atom. The maximum atomic E-state index is 13.9. The number of carbonyl (C=O) groups excluding carboxylic acids is 3. The Balaban J connectivity index is 1.33. The number of amides is 2. The third-order valence-corrected chi connectivity index (χ3v) is 7.30. The largest absolute Gasteiger partial charge is 0.491 e. The van der Waals surface area contributed by atoms with Crippen molar-refractivity contribution in [3.8, 4) is 5.75 Å². The summed E-state index contributed by atoms with van der Waals surface area (Å²) < 4.78 is 22.9. The molecule has 38 heavy (non-hydrogen) atoms. The maximum absolute atomic E-state index is 13.9. The number of hydrogen-bond donors (Lipinski definition) is 0. The van der Waals surface area contributed by atoms with Crippen molar-refractivity contribution in [3.05, 3.63) is 64.7 Å². The molecule has 1 atom stereocenters. The van der Waals surface area contributed by atoms with Gasteiger partial charge in [-0.15, -0.1) is 0 Å². The van der Waals surface area contributed by atoms with E-state index in [1.54, 1.807) is 28.0 Å². The number of likely N-dealkylation sites (tertiary alicyclic amines) is 1. The maximum Gasteiger partial charge on any atom is 0.410 e. The van der Waals surface area contributed by atoms with Crippen LogP contribution in [-0.4, -0.2) is 66.7 Å². The van der Waals surface area contributed by atoms with Crippen molar-refractivity contribution in [3.63, 3.8) is 0 Å². The van der Waals surface area contributed by atoms with Crippen molar-refractivity contribution in [1.82, 2.24) is 9.80 Å². The third kappa shape index (κ3) is 4.95. The highest BCUT2D eigenvalue weighted by molar-refractivity contribution is 5.90. The van der Waals surface area contributed by atoms with Gasteiger partial charge in [-0.05, 0) is 56.9 Å². The molecule has 3 aliphatic heterocycles. The molecule has 0 saturated carbocycles. The highest BCUT2D eigenvalue weighted by Gasteiger charge is 2.50. The number of esters is 1. The van der Waals surface area contributed by atoms with Crippen LogP contribution < -0.4 is 4.74 Å². The molecule has 0 radical (unpaired) electrons. The molecule has 3 heterocycles. The molecule has 3 aliphatic rings. The van der Waals surface area contributed by atoms with Crippen molar-refractivity contribution in [1.29, 1.82) is 0 Å². The number of nitrogens with zero attached hydrogens (tertiary/aromatic N) is 2. The second-order valence-electron chi connectivity index (χ2n) is 11.0. The molecule has 202 valence electrons. The predicted octanol–water partition coefficient (Wildman–Crippen LogP) is 4.19. The Hall–Kier alpha value is -3.59. The van der Waals surface area contributed by atoms with Gasteiger partial charge in [-0.2, -0.15) is 0 Å². The van der Waals surface area contributed by atoms with E-state index in [9.17, 15) is 14.4 Å². The second-order valence-corrected chi connectivity index (χ2v) is 11.0. The van der Waals surface area contributed by atoms with E-state index in [0.717, 1.165) is 16.7 Å². The zero-order valence-corrected chi connectivity index (χ0v) is 22.3. The van der Waals surface area contributed by atoms with Crippen LogP contribution >= 0.6 is 0 Å². The molecular weight excluding hydrogens is 488 g/mol. The van der Waals surface area contributed by atoms with E-state index >= 15 is 0 Å². The number of piperidine rings is 1. The van der Waals surface area contributed by atoms with Crippen molar-refractivity contribution < 1.29 is 33.3 Å². The van der Waals surface area contributed by atoms with E-state index < -0.39 is 23.3 Å². The molecule has 1 unspecified atom stereocenters. The number of hydrogen-bond acceptors (Lipinski definition) is 7. The summed E-state index contributed by atoms with van der Waals surface area (Å²) in [5.74, 6) is 0.00636. The van der Waals surface area contributed by atoms with Crippen LogP contribution in [0.4, 0.5) is 4.79 Å². The first-order valence-electron chi connectivity index (χ1n) is 13.0. The number of rotatable bonds is 2. The van der Waals surface area contributed by atoms with Gasteiger partial charge in [0.2, 0.25) is 0 Å². The lowest BCUT2D eigenvalue weighted by atomic mass is 9.83. The average Bonchev–Trinajstić information content (AvgIpc) is 3.05. The lowest BCUT2D eigenvalue weighted by Gasteiger charge is -2.40. The fourth-order valence-corrected chi connectivity index (χ4v) is 5.41. The fraction of sp³-hybridized carbons (Fsp3) is 0.483. The first-order valence-corrected chi connectivity index (χ1v) is 13.0. The summed E-state index contributed by atoms with van der Waals surface area (Å²) in [5.41, 5.74) is 1.90. The van der Waals surface area contributed by atoms with Crippen LogP contribution in [0.1, 0.15) is 66.8 Å². The number of carbonyl (C=O) groups is 3. The molecule has 2 aromatic carbocycles. The first kappa shape index (κ1) is 26.0. The molecule has 9 heteroatoms. The minimum atomic E-state index is -0.741. The van der Waals surface area contributed by atoms with Gasteiger partial charge in [0.1, 0.15) is 18.0 Å².